The maximum absolute atomic E-state index is 9.95. The van der Waals surface area contributed by atoms with Gasteiger partial charge in [-0.2, -0.15) is 0 Å². The molecule has 0 saturated carbocycles. The van der Waals surface area contributed by atoms with E-state index in [9.17, 15) is 14.4 Å². The highest BCUT2D eigenvalue weighted by molar-refractivity contribution is 6.64. The minimum Gasteiger partial charge on any atom is -0.457 e. The average Bonchev–Trinajstić information content (AvgIpc) is 2.06. The van der Waals surface area contributed by atoms with Gasteiger partial charge in [-0.25, -0.2) is 0 Å². The highest BCUT2D eigenvalue weighted by Crippen LogP contribution is 2.11. The van der Waals surface area contributed by atoms with Crippen molar-refractivity contribution in [1.82, 2.24) is 0 Å². The molecule has 0 aliphatic carbocycles. The van der Waals surface area contributed by atoms with Gasteiger partial charge in [-0.3, -0.25) is 14.4 Å². The minimum absolute atomic E-state index is 0.0860. The first kappa shape index (κ1) is 10.6. The van der Waals surface area contributed by atoms with Crippen LogP contribution in [0, 0.1) is 0 Å². The van der Waals surface area contributed by atoms with Crippen molar-refractivity contribution in [3.63, 3.8) is 0 Å². The highest BCUT2D eigenvalue weighted by Gasteiger charge is 2.46. The SMILES string of the molecule is CC[Si](OC=O)(OC=O)OC=O. The summed E-state index contributed by atoms with van der Waals surface area (Å²) in [6.45, 7) is 1.83. The second-order valence-electron chi connectivity index (χ2n) is 1.68. The predicted octanol–water partition coefficient (Wildman–Crippen LogP) is -0.536. The van der Waals surface area contributed by atoms with E-state index in [1.807, 2.05) is 0 Å². The van der Waals surface area contributed by atoms with E-state index >= 15 is 0 Å². The van der Waals surface area contributed by atoms with E-state index in [-0.39, 0.29) is 25.5 Å². The molecule has 0 rings (SSSR count). The molecule has 0 aromatic heterocycles. The second kappa shape index (κ2) is 5.30. The molecule has 0 N–H and O–H groups in total. The van der Waals surface area contributed by atoms with Crippen molar-refractivity contribution in [2.45, 2.75) is 13.0 Å². The van der Waals surface area contributed by atoms with E-state index in [1.54, 1.807) is 6.92 Å². The zero-order chi connectivity index (χ0) is 9.45. The van der Waals surface area contributed by atoms with Crippen LogP contribution in [0.5, 0.6) is 0 Å². The van der Waals surface area contributed by atoms with Crippen LogP contribution in [0.1, 0.15) is 6.92 Å². The van der Waals surface area contributed by atoms with Gasteiger partial charge in [0.1, 0.15) is 0 Å². The van der Waals surface area contributed by atoms with Gasteiger partial charge >= 0.3 is 8.80 Å². The molecular formula is C5H8O6Si. The van der Waals surface area contributed by atoms with Crippen molar-refractivity contribution in [3.05, 3.63) is 0 Å². The van der Waals surface area contributed by atoms with Crippen LogP contribution in [-0.2, 0) is 27.7 Å². The van der Waals surface area contributed by atoms with Gasteiger partial charge in [0, 0.05) is 0 Å². The molecule has 7 heteroatoms. The lowest BCUT2D eigenvalue weighted by Crippen LogP contribution is -2.44. The lowest BCUT2D eigenvalue weighted by molar-refractivity contribution is -0.134. The first-order valence-corrected chi connectivity index (χ1v) is 5.02. The summed E-state index contributed by atoms with van der Waals surface area (Å²) in [6, 6.07) is 0.156. The summed E-state index contributed by atoms with van der Waals surface area (Å²) < 4.78 is 13.2. The molecule has 0 fully saturated rings. The van der Waals surface area contributed by atoms with E-state index in [1.165, 1.54) is 0 Å². The Morgan fingerprint density at radius 1 is 1.00 bits per heavy atom. The molecule has 0 heterocycles. The standard InChI is InChI=1S/C5H8O6Si/c1-2-12(9-3-6,10-4-7)11-5-8/h3-5H,2H2,1H3. The zero-order valence-corrected chi connectivity index (χ0v) is 7.39. The van der Waals surface area contributed by atoms with E-state index < -0.39 is 8.80 Å². The van der Waals surface area contributed by atoms with Crippen molar-refractivity contribution < 1.29 is 27.7 Å². The van der Waals surface area contributed by atoms with Gasteiger partial charge in [-0.1, -0.05) is 6.92 Å². The molecule has 0 aromatic rings. The second-order valence-corrected chi connectivity index (χ2v) is 4.46. The van der Waals surface area contributed by atoms with Crippen LogP contribution in [0.2, 0.25) is 6.04 Å². The third kappa shape index (κ3) is 2.70. The van der Waals surface area contributed by atoms with E-state index in [4.69, 9.17) is 0 Å². The van der Waals surface area contributed by atoms with Gasteiger partial charge in [0.25, 0.3) is 19.4 Å². The molecule has 0 amide bonds. The molecule has 0 saturated heterocycles. The molecule has 0 aliphatic heterocycles. The lowest BCUT2D eigenvalue weighted by Gasteiger charge is -2.19. The average molecular weight is 192 g/mol. The predicted molar refractivity (Wildman–Crippen MR) is 37.7 cm³/mol. The van der Waals surface area contributed by atoms with Crippen molar-refractivity contribution in [1.29, 1.82) is 0 Å². The summed E-state index contributed by atoms with van der Waals surface area (Å²) in [6.07, 6.45) is 0. The molecule has 0 spiro atoms. The Balaban J connectivity index is 4.35. The molecule has 0 radical (unpaired) electrons. The van der Waals surface area contributed by atoms with Crippen molar-refractivity contribution in [2.24, 2.45) is 0 Å². The highest BCUT2D eigenvalue weighted by atomic mass is 28.4. The number of carbonyl (C=O) groups is 3. The first-order chi connectivity index (χ1) is 5.74. The van der Waals surface area contributed by atoms with Crippen LogP contribution in [0.25, 0.3) is 0 Å². The fraction of sp³-hybridized carbons (Fsp3) is 0.400. The van der Waals surface area contributed by atoms with E-state index in [2.05, 4.69) is 13.3 Å². The van der Waals surface area contributed by atoms with Crippen LogP contribution in [0.3, 0.4) is 0 Å². The Kier molecular flexibility index (Phi) is 4.69. The first-order valence-electron chi connectivity index (χ1n) is 3.09. The smallest absolute Gasteiger partial charge is 0.457 e. The summed E-state index contributed by atoms with van der Waals surface area (Å²) in [5.41, 5.74) is 0. The van der Waals surface area contributed by atoms with Crippen LogP contribution in [-0.4, -0.2) is 28.2 Å². The summed E-state index contributed by atoms with van der Waals surface area (Å²) in [5, 5.41) is 0. The Labute approximate surface area is 69.8 Å². The third-order valence-corrected chi connectivity index (χ3v) is 3.35. The number of carbonyl (C=O) groups excluding carboxylic acids is 3. The molecule has 12 heavy (non-hydrogen) atoms. The van der Waals surface area contributed by atoms with E-state index in [0.717, 1.165) is 0 Å². The van der Waals surface area contributed by atoms with Gasteiger partial charge in [-0.05, 0) is 0 Å². The van der Waals surface area contributed by atoms with Crippen molar-refractivity contribution in [3.8, 4) is 0 Å². The van der Waals surface area contributed by atoms with Crippen LogP contribution in [0.4, 0.5) is 0 Å². The largest absolute Gasteiger partial charge is 0.704 e. The topological polar surface area (TPSA) is 78.9 Å². The molecule has 0 unspecified atom stereocenters. The summed E-state index contributed by atoms with van der Waals surface area (Å²) in [7, 11) is -3.37. The monoisotopic (exact) mass is 192 g/mol. The lowest BCUT2D eigenvalue weighted by atomic mass is 11.0. The summed E-state index contributed by atoms with van der Waals surface area (Å²) in [5.74, 6) is 0. The van der Waals surface area contributed by atoms with Crippen LogP contribution in [0.15, 0.2) is 0 Å². The van der Waals surface area contributed by atoms with Crippen molar-refractivity contribution in [2.75, 3.05) is 0 Å². The Morgan fingerprint density at radius 2 is 1.33 bits per heavy atom. The number of hydrogen-bond donors (Lipinski definition) is 0. The normalized spacial score (nSPS) is 9.75. The van der Waals surface area contributed by atoms with Gasteiger partial charge in [0.2, 0.25) is 0 Å². The molecule has 0 bridgehead atoms. The number of hydrogen-bond acceptors (Lipinski definition) is 6. The molecule has 0 atom stereocenters. The minimum atomic E-state index is -3.37. The maximum Gasteiger partial charge on any atom is 0.704 e. The van der Waals surface area contributed by atoms with E-state index in [0.29, 0.717) is 0 Å². The van der Waals surface area contributed by atoms with Crippen LogP contribution < -0.4 is 0 Å². The van der Waals surface area contributed by atoms with Crippen LogP contribution >= 0.6 is 0 Å². The van der Waals surface area contributed by atoms with Gasteiger partial charge in [0.15, 0.2) is 0 Å². The molecule has 0 aromatic carbocycles. The Bertz CT molecular complexity index is 143. The molecule has 6 nitrogen and oxygen atoms in total. The molecule has 68 valence electrons. The van der Waals surface area contributed by atoms with Gasteiger partial charge < -0.3 is 13.3 Å². The van der Waals surface area contributed by atoms with Crippen molar-refractivity contribution >= 4 is 28.2 Å². The summed E-state index contributed by atoms with van der Waals surface area (Å²) in [4.78, 5) is 29.8. The molecule has 0 aliphatic rings. The number of rotatable bonds is 7. The van der Waals surface area contributed by atoms with Gasteiger partial charge in [-0.15, -0.1) is 0 Å². The fourth-order valence-corrected chi connectivity index (χ4v) is 1.66. The Morgan fingerprint density at radius 3 is 1.50 bits per heavy atom. The maximum atomic E-state index is 9.95. The van der Waals surface area contributed by atoms with Gasteiger partial charge in [0.05, 0.1) is 6.04 Å². The quantitative estimate of drug-likeness (QED) is 0.398. The molecular weight excluding hydrogens is 184 g/mol. The fourth-order valence-electron chi connectivity index (χ4n) is 0.553. The Hall–Kier alpha value is -1.37. The zero-order valence-electron chi connectivity index (χ0n) is 6.39. The third-order valence-electron chi connectivity index (χ3n) is 1.12. The summed E-state index contributed by atoms with van der Waals surface area (Å²) >= 11 is 0.